The quantitative estimate of drug-likeness (QED) is 0.260. The van der Waals surface area contributed by atoms with Crippen LogP contribution < -0.4 is 16.4 Å². The molecule has 9 heteroatoms. The highest BCUT2D eigenvalue weighted by molar-refractivity contribution is 5.87. The summed E-state index contributed by atoms with van der Waals surface area (Å²) in [6, 6.07) is 7.36. The average Bonchev–Trinajstić information content (AvgIpc) is 2.77. The molecule has 0 aliphatic heterocycles. The molecule has 0 bridgehead atoms. The minimum Gasteiger partial charge on any atom is -0.465 e. The number of amides is 2. The number of esters is 1. The number of benzene rings is 1. The first kappa shape index (κ1) is 27.1. The second-order valence-corrected chi connectivity index (χ2v) is 7.35. The molecule has 1 unspecified atom stereocenters. The second kappa shape index (κ2) is 15.0. The maximum Gasteiger partial charge on any atom is 0.325 e. The summed E-state index contributed by atoms with van der Waals surface area (Å²) < 4.78 is 10.5. The zero-order valence-corrected chi connectivity index (χ0v) is 18.8. The molecule has 176 valence electrons. The molecule has 5 N–H and O–H groups in total. The number of aliphatic hydroxyl groups excluding tert-OH is 1. The van der Waals surface area contributed by atoms with Crippen LogP contribution in [0.3, 0.4) is 0 Å². The van der Waals surface area contributed by atoms with Crippen LogP contribution in [0.5, 0.6) is 0 Å². The third kappa shape index (κ3) is 10.4. The van der Waals surface area contributed by atoms with Crippen molar-refractivity contribution in [3.8, 4) is 11.8 Å². The number of nitrogens with two attached hydrogens (primary N) is 1. The number of ether oxygens (including phenoxy) is 2. The number of hydrogen-bond acceptors (Lipinski definition) is 7. The Morgan fingerprint density at radius 2 is 1.81 bits per heavy atom. The fourth-order valence-electron chi connectivity index (χ4n) is 2.63. The van der Waals surface area contributed by atoms with E-state index in [0.29, 0.717) is 0 Å². The lowest BCUT2D eigenvalue weighted by Gasteiger charge is -2.26. The fraction of sp³-hybridized carbons (Fsp3) is 0.522. The zero-order chi connectivity index (χ0) is 23.9. The third-order valence-corrected chi connectivity index (χ3v) is 4.28. The Bertz CT molecular complexity index is 788. The van der Waals surface area contributed by atoms with Crippen LogP contribution in [-0.2, 0) is 30.5 Å². The maximum absolute atomic E-state index is 12.6. The summed E-state index contributed by atoms with van der Waals surface area (Å²) in [5.74, 6) is 2.62. The van der Waals surface area contributed by atoms with Gasteiger partial charge in [-0.25, -0.2) is 0 Å². The van der Waals surface area contributed by atoms with Crippen molar-refractivity contribution in [2.24, 2.45) is 17.6 Å². The van der Waals surface area contributed by atoms with Gasteiger partial charge in [0.05, 0.1) is 38.4 Å². The Kier molecular flexibility index (Phi) is 12.7. The standard InChI is InChI=1S/C23H33N3O6/c1-4-32-21(28)12-25-22(29)18(13-27)20(15-31-14-17-8-6-5-7-9-17)26-23(30)19(24)11-10-16(2)3/h5-9,16,18-20,27H,4,12-15,24H2,1-3H3,(H,25,29)(H,26,30)/t18?,19-,20-/m0/s1. The molecular weight excluding hydrogens is 414 g/mol. The van der Waals surface area contributed by atoms with Crippen molar-refractivity contribution in [3.63, 3.8) is 0 Å². The summed E-state index contributed by atoms with van der Waals surface area (Å²) in [7, 11) is 0. The first-order chi connectivity index (χ1) is 15.3. The van der Waals surface area contributed by atoms with Gasteiger partial charge in [-0.3, -0.25) is 14.4 Å². The van der Waals surface area contributed by atoms with Crippen LogP contribution in [-0.4, -0.2) is 61.3 Å². The molecule has 2 amide bonds. The fourth-order valence-corrected chi connectivity index (χ4v) is 2.63. The molecule has 0 fully saturated rings. The Morgan fingerprint density at radius 3 is 2.41 bits per heavy atom. The molecule has 1 aromatic carbocycles. The first-order valence-electron chi connectivity index (χ1n) is 10.5. The van der Waals surface area contributed by atoms with Crippen LogP contribution in [0.4, 0.5) is 0 Å². The predicted molar refractivity (Wildman–Crippen MR) is 119 cm³/mol. The van der Waals surface area contributed by atoms with Crippen molar-refractivity contribution in [3.05, 3.63) is 35.9 Å². The van der Waals surface area contributed by atoms with Crippen LogP contribution in [0, 0.1) is 23.7 Å². The van der Waals surface area contributed by atoms with Crippen LogP contribution in [0.15, 0.2) is 30.3 Å². The number of carbonyl (C=O) groups excluding carboxylic acids is 3. The highest BCUT2D eigenvalue weighted by atomic mass is 16.5. The van der Waals surface area contributed by atoms with Gasteiger partial charge in [0, 0.05) is 5.92 Å². The molecule has 32 heavy (non-hydrogen) atoms. The third-order valence-electron chi connectivity index (χ3n) is 4.28. The molecular formula is C23H33N3O6. The van der Waals surface area contributed by atoms with Gasteiger partial charge >= 0.3 is 5.97 Å². The van der Waals surface area contributed by atoms with E-state index in [9.17, 15) is 19.5 Å². The van der Waals surface area contributed by atoms with Gasteiger partial charge < -0.3 is 30.9 Å². The summed E-state index contributed by atoms with van der Waals surface area (Å²) in [5, 5.41) is 14.9. The van der Waals surface area contributed by atoms with Gasteiger partial charge in [0.25, 0.3) is 0 Å². The Morgan fingerprint density at radius 1 is 1.12 bits per heavy atom. The highest BCUT2D eigenvalue weighted by Gasteiger charge is 2.31. The topological polar surface area (TPSA) is 140 Å². The van der Waals surface area contributed by atoms with Crippen molar-refractivity contribution < 1.29 is 29.0 Å². The lowest BCUT2D eigenvalue weighted by Crippen LogP contribution is -2.54. The molecule has 0 aliphatic carbocycles. The van der Waals surface area contributed by atoms with Gasteiger partial charge in [-0.15, -0.1) is 0 Å². The summed E-state index contributed by atoms with van der Waals surface area (Å²) >= 11 is 0. The van der Waals surface area contributed by atoms with Crippen molar-refractivity contribution in [1.29, 1.82) is 0 Å². The van der Waals surface area contributed by atoms with E-state index in [-0.39, 0.29) is 32.3 Å². The van der Waals surface area contributed by atoms with Crippen molar-refractivity contribution in [2.45, 2.75) is 39.5 Å². The van der Waals surface area contributed by atoms with E-state index in [2.05, 4.69) is 22.5 Å². The van der Waals surface area contributed by atoms with E-state index in [4.69, 9.17) is 15.2 Å². The summed E-state index contributed by atoms with van der Waals surface area (Å²) in [5.41, 5.74) is 6.74. The van der Waals surface area contributed by atoms with Crippen LogP contribution in [0.25, 0.3) is 0 Å². The minimum atomic E-state index is -1.10. The van der Waals surface area contributed by atoms with E-state index in [1.807, 2.05) is 44.2 Å². The number of rotatable bonds is 12. The van der Waals surface area contributed by atoms with Crippen LogP contribution >= 0.6 is 0 Å². The van der Waals surface area contributed by atoms with Crippen LogP contribution in [0.2, 0.25) is 0 Å². The number of nitrogens with one attached hydrogen (secondary N) is 2. The van der Waals surface area contributed by atoms with Gasteiger partial charge in [0.15, 0.2) is 0 Å². The van der Waals surface area contributed by atoms with Gasteiger partial charge in [0.1, 0.15) is 12.6 Å². The normalized spacial score (nSPS) is 13.3. The van der Waals surface area contributed by atoms with Crippen molar-refractivity contribution in [1.82, 2.24) is 10.6 Å². The summed E-state index contributed by atoms with van der Waals surface area (Å²) in [4.78, 5) is 36.6. The summed E-state index contributed by atoms with van der Waals surface area (Å²) in [6.45, 7) is 4.81. The summed E-state index contributed by atoms with van der Waals surface area (Å²) in [6.07, 6.45) is 0. The molecule has 0 aromatic heterocycles. The monoisotopic (exact) mass is 447 g/mol. The van der Waals surface area contributed by atoms with Crippen LogP contribution in [0.1, 0.15) is 26.3 Å². The van der Waals surface area contributed by atoms with Crippen molar-refractivity contribution >= 4 is 17.8 Å². The highest BCUT2D eigenvalue weighted by Crippen LogP contribution is 2.08. The maximum atomic E-state index is 12.6. The molecule has 0 spiro atoms. The Labute approximate surface area is 189 Å². The predicted octanol–water partition coefficient (Wildman–Crippen LogP) is -0.0375. The van der Waals surface area contributed by atoms with E-state index in [1.165, 1.54) is 0 Å². The Hall–Kier alpha value is -2.93. The number of aliphatic hydroxyl groups is 1. The average molecular weight is 448 g/mol. The molecule has 0 saturated carbocycles. The number of hydrogen-bond donors (Lipinski definition) is 4. The van der Waals surface area contributed by atoms with E-state index in [0.717, 1.165) is 5.56 Å². The first-order valence-corrected chi connectivity index (χ1v) is 10.5. The lowest BCUT2D eigenvalue weighted by molar-refractivity contribution is -0.144. The minimum absolute atomic E-state index is 0.0395. The second-order valence-electron chi connectivity index (χ2n) is 7.35. The van der Waals surface area contributed by atoms with E-state index in [1.54, 1.807) is 6.92 Å². The molecule has 1 aromatic rings. The molecule has 0 saturated heterocycles. The molecule has 0 heterocycles. The van der Waals surface area contributed by atoms with Gasteiger partial charge in [0.2, 0.25) is 11.8 Å². The van der Waals surface area contributed by atoms with Gasteiger partial charge in [-0.1, -0.05) is 56.0 Å². The molecule has 1 rings (SSSR count). The zero-order valence-electron chi connectivity index (χ0n) is 18.8. The van der Waals surface area contributed by atoms with E-state index >= 15 is 0 Å². The molecule has 0 aliphatic rings. The van der Waals surface area contributed by atoms with Gasteiger partial charge in [-0.2, -0.15) is 0 Å². The molecule has 3 atom stereocenters. The van der Waals surface area contributed by atoms with Crippen molar-refractivity contribution in [2.75, 3.05) is 26.4 Å². The smallest absolute Gasteiger partial charge is 0.325 e. The molecule has 0 radical (unpaired) electrons. The SMILES string of the molecule is CCOC(=O)CNC(=O)C(CO)[C@H](COCc1ccccc1)NC(=O)[C@@H](N)C#CC(C)C. The largest absolute Gasteiger partial charge is 0.465 e. The van der Waals surface area contributed by atoms with Gasteiger partial charge in [-0.05, 0) is 12.5 Å². The molecule has 9 nitrogen and oxygen atoms in total. The number of carbonyl (C=O) groups is 3. The Balaban J connectivity index is 2.87. The lowest BCUT2D eigenvalue weighted by atomic mass is 9.99. The van der Waals surface area contributed by atoms with E-state index < -0.39 is 42.4 Å².